The van der Waals surface area contributed by atoms with Crippen molar-refractivity contribution in [1.82, 2.24) is 29.5 Å². The van der Waals surface area contributed by atoms with Crippen LogP contribution in [0.3, 0.4) is 0 Å². The fourth-order valence-corrected chi connectivity index (χ4v) is 7.68. The Morgan fingerprint density at radius 3 is 2.09 bits per heavy atom. The summed E-state index contributed by atoms with van der Waals surface area (Å²) < 4.78 is 13.4. The molecule has 43 heavy (non-hydrogen) atoms. The first kappa shape index (κ1) is 30.8. The fourth-order valence-electron chi connectivity index (χ4n) is 6.34. The van der Waals surface area contributed by atoms with E-state index in [1.165, 1.54) is 16.0 Å². The van der Waals surface area contributed by atoms with Crippen LogP contribution in [0, 0.1) is 20.8 Å². The van der Waals surface area contributed by atoms with E-state index in [1.54, 1.807) is 11.3 Å². The lowest BCUT2D eigenvalue weighted by Crippen LogP contribution is -2.40. The first-order valence-electron chi connectivity index (χ1n) is 15.7. The van der Waals surface area contributed by atoms with Gasteiger partial charge in [-0.2, -0.15) is 0 Å². The van der Waals surface area contributed by atoms with E-state index >= 15 is 0 Å². The summed E-state index contributed by atoms with van der Waals surface area (Å²) >= 11 is 8.12. The Bertz CT molecular complexity index is 1370. The van der Waals surface area contributed by atoms with Crippen molar-refractivity contribution < 1.29 is 9.47 Å². The topological polar surface area (TPSA) is 71.2 Å². The number of hydrogen-bond donors (Lipinski definition) is 0. The van der Waals surface area contributed by atoms with Gasteiger partial charge in [-0.05, 0) is 77.5 Å². The van der Waals surface area contributed by atoms with E-state index < -0.39 is 0 Å². The molecule has 6 rings (SSSR count). The van der Waals surface area contributed by atoms with Crippen LogP contribution in [-0.4, -0.2) is 121 Å². The number of aliphatic imine (C=N–C) groups is 1. The molecule has 1 aromatic carbocycles. The van der Waals surface area contributed by atoms with E-state index in [-0.39, 0.29) is 6.04 Å². The largest absolute Gasteiger partial charge is 0.379 e. The number of ether oxygens (including phenoxy) is 2. The summed E-state index contributed by atoms with van der Waals surface area (Å²) in [5.74, 6) is 1.83. The SMILES string of the molecule is Cc1sc2c(c1C)C(c1ccc(Cl)cc1)=NC(CN(CCCN1CCOCC1)CCCN1CCOCC1)c1nnc(C)n1-2. The minimum Gasteiger partial charge on any atom is -0.379 e. The molecule has 0 saturated carbocycles. The maximum absolute atomic E-state index is 6.31. The van der Waals surface area contributed by atoms with Gasteiger partial charge in [0.15, 0.2) is 5.82 Å². The second-order valence-corrected chi connectivity index (χ2v) is 13.5. The van der Waals surface area contributed by atoms with Gasteiger partial charge in [0.05, 0.1) is 32.1 Å². The molecule has 0 N–H and O–H groups in total. The van der Waals surface area contributed by atoms with Crippen LogP contribution in [0.4, 0.5) is 0 Å². The van der Waals surface area contributed by atoms with Crippen molar-refractivity contribution >= 4 is 28.6 Å². The number of aryl methyl sites for hydroxylation is 2. The molecule has 3 aliphatic heterocycles. The number of halogens is 1. The molecule has 0 spiro atoms. The average molecular weight is 626 g/mol. The monoisotopic (exact) mass is 625 g/mol. The number of morpholine rings is 2. The molecule has 2 saturated heterocycles. The van der Waals surface area contributed by atoms with Gasteiger partial charge in [0.2, 0.25) is 0 Å². The molecule has 0 amide bonds. The first-order chi connectivity index (χ1) is 21.0. The van der Waals surface area contributed by atoms with Gasteiger partial charge in [-0.25, -0.2) is 0 Å². The lowest BCUT2D eigenvalue weighted by atomic mass is 10.00. The van der Waals surface area contributed by atoms with Gasteiger partial charge in [-0.3, -0.25) is 19.4 Å². The number of nitrogens with zero attached hydrogens (tertiary/aromatic N) is 7. The molecular weight excluding hydrogens is 582 g/mol. The van der Waals surface area contributed by atoms with Gasteiger partial charge in [0, 0.05) is 53.8 Å². The van der Waals surface area contributed by atoms with Crippen LogP contribution in [0.2, 0.25) is 5.02 Å². The fraction of sp³-hybridized carbons (Fsp3) is 0.594. The maximum atomic E-state index is 6.31. The predicted octanol–water partition coefficient (Wildman–Crippen LogP) is 4.55. The number of hydrogen-bond acceptors (Lipinski definition) is 9. The number of fused-ring (bicyclic) bond motifs is 3. The molecular formula is C32H44ClN7O2S. The van der Waals surface area contributed by atoms with Gasteiger partial charge in [0.25, 0.3) is 0 Å². The van der Waals surface area contributed by atoms with Crippen LogP contribution in [0.1, 0.15) is 52.1 Å². The summed E-state index contributed by atoms with van der Waals surface area (Å²) in [5, 5.41) is 11.2. The minimum atomic E-state index is -0.141. The maximum Gasteiger partial charge on any atom is 0.164 e. The molecule has 11 heteroatoms. The zero-order chi connectivity index (χ0) is 29.8. The standard InChI is InChI=1S/C32H44ClN7O2S/c1-23-24(2)43-32-29(23)30(26-6-8-27(33)9-7-26)34-28(31-36-35-25(3)40(31)32)22-39(12-4-10-37-14-18-41-19-15-37)13-5-11-38-16-20-42-21-17-38/h6-9,28H,4-5,10-22H2,1-3H3. The Kier molecular flexibility index (Phi) is 10.2. The van der Waals surface area contributed by atoms with E-state index in [9.17, 15) is 0 Å². The van der Waals surface area contributed by atoms with E-state index in [4.69, 9.17) is 31.2 Å². The Hall–Kier alpha value is -2.18. The van der Waals surface area contributed by atoms with Gasteiger partial charge in [-0.15, -0.1) is 21.5 Å². The molecule has 1 atom stereocenters. The highest BCUT2D eigenvalue weighted by atomic mass is 35.5. The molecule has 0 bridgehead atoms. The van der Waals surface area contributed by atoms with Crippen LogP contribution >= 0.6 is 22.9 Å². The Labute approximate surface area is 264 Å². The summed E-state index contributed by atoms with van der Waals surface area (Å²) in [6, 6.07) is 7.97. The summed E-state index contributed by atoms with van der Waals surface area (Å²) in [6.07, 6.45) is 2.24. The highest BCUT2D eigenvalue weighted by Gasteiger charge is 2.32. The summed E-state index contributed by atoms with van der Waals surface area (Å²) in [4.78, 5) is 14.5. The van der Waals surface area contributed by atoms with Crippen molar-refractivity contribution in [3.8, 4) is 5.00 Å². The zero-order valence-electron chi connectivity index (χ0n) is 25.7. The second kappa shape index (κ2) is 14.3. The van der Waals surface area contributed by atoms with Crippen LogP contribution < -0.4 is 0 Å². The van der Waals surface area contributed by atoms with Gasteiger partial charge >= 0.3 is 0 Å². The third kappa shape index (κ3) is 7.22. The van der Waals surface area contributed by atoms with E-state index in [1.807, 2.05) is 12.1 Å². The highest BCUT2D eigenvalue weighted by Crippen LogP contribution is 2.39. The predicted molar refractivity (Wildman–Crippen MR) is 173 cm³/mol. The summed E-state index contributed by atoms with van der Waals surface area (Å²) in [7, 11) is 0. The molecule has 0 radical (unpaired) electrons. The van der Waals surface area contributed by atoms with Crippen molar-refractivity contribution in [1.29, 1.82) is 0 Å². The van der Waals surface area contributed by atoms with E-state index in [2.05, 4.69) is 57.3 Å². The van der Waals surface area contributed by atoms with Crippen molar-refractivity contribution in [2.75, 3.05) is 85.3 Å². The first-order valence-corrected chi connectivity index (χ1v) is 16.9. The van der Waals surface area contributed by atoms with Crippen molar-refractivity contribution in [3.63, 3.8) is 0 Å². The zero-order valence-corrected chi connectivity index (χ0v) is 27.3. The number of thiophene rings is 1. The van der Waals surface area contributed by atoms with Gasteiger partial charge < -0.3 is 14.4 Å². The molecule has 5 heterocycles. The molecule has 2 fully saturated rings. The Balaban J connectivity index is 1.29. The lowest BCUT2D eigenvalue weighted by molar-refractivity contribution is 0.0338. The highest BCUT2D eigenvalue weighted by molar-refractivity contribution is 7.15. The van der Waals surface area contributed by atoms with Crippen molar-refractivity contribution in [2.45, 2.75) is 39.7 Å². The second-order valence-electron chi connectivity index (χ2n) is 11.8. The Morgan fingerprint density at radius 2 is 1.49 bits per heavy atom. The lowest BCUT2D eigenvalue weighted by Gasteiger charge is -2.30. The van der Waals surface area contributed by atoms with Gasteiger partial charge in [-0.1, -0.05) is 23.7 Å². The molecule has 232 valence electrons. The molecule has 3 aromatic rings. The third-order valence-electron chi connectivity index (χ3n) is 8.89. The van der Waals surface area contributed by atoms with Crippen molar-refractivity contribution in [2.24, 2.45) is 4.99 Å². The van der Waals surface area contributed by atoms with Crippen LogP contribution in [0.15, 0.2) is 29.3 Å². The summed E-state index contributed by atoms with van der Waals surface area (Å²) in [6.45, 7) is 18.9. The number of aromatic nitrogens is 3. The third-order valence-corrected chi connectivity index (χ3v) is 10.3. The molecule has 1 unspecified atom stereocenters. The summed E-state index contributed by atoms with van der Waals surface area (Å²) in [5.41, 5.74) is 4.55. The van der Waals surface area contributed by atoms with Crippen LogP contribution in [-0.2, 0) is 9.47 Å². The van der Waals surface area contributed by atoms with Crippen LogP contribution in [0.5, 0.6) is 0 Å². The average Bonchev–Trinajstić information content (AvgIpc) is 3.50. The number of rotatable bonds is 11. The molecule has 9 nitrogen and oxygen atoms in total. The Morgan fingerprint density at radius 1 is 0.884 bits per heavy atom. The number of benzene rings is 1. The van der Waals surface area contributed by atoms with E-state index in [0.29, 0.717) is 0 Å². The quantitative estimate of drug-likeness (QED) is 0.310. The minimum absolute atomic E-state index is 0.141. The van der Waals surface area contributed by atoms with E-state index in [0.717, 1.165) is 131 Å². The molecule has 2 aromatic heterocycles. The van der Waals surface area contributed by atoms with Gasteiger partial charge in [0.1, 0.15) is 16.9 Å². The normalized spacial score (nSPS) is 19.7. The van der Waals surface area contributed by atoms with Crippen LogP contribution in [0.25, 0.3) is 5.00 Å². The molecule has 3 aliphatic rings. The van der Waals surface area contributed by atoms with Crippen molar-refractivity contribution in [3.05, 3.63) is 62.5 Å². The molecule has 0 aliphatic carbocycles. The smallest absolute Gasteiger partial charge is 0.164 e.